The number of nitrogens with one attached hydrogen (secondary N) is 1. The Bertz CT molecular complexity index is 609. The Labute approximate surface area is 149 Å². The fourth-order valence-corrected chi connectivity index (χ4v) is 3.93. The number of hydrogen-bond acceptors (Lipinski definition) is 4. The molecule has 0 unspecified atom stereocenters. The zero-order valence-corrected chi connectivity index (χ0v) is 15.0. The van der Waals surface area contributed by atoms with Gasteiger partial charge in [0.1, 0.15) is 0 Å². The minimum atomic E-state index is -0.0922. The number of nitrogens with zero attached hydrogens (tertiary/aromatic N) is 1. The number of amides is 1. The van der Waals surface area contributed by atoms with Gasteiger partial charge >= 0.3 is 5.97 Å². The van der Waals surface area contributed by atoms with E-state index in [0.29, 0.717) is 13.2 Å². The molecule has 1 heterocycles. The van der Waals surface area contributed by atoms with E-state index >= 15 is 0 Å². The van der Waals surface area contributed by atoms with Crippen LogP contribution in [0.1, 0.15) is 49.8 Å². The van der Waals surface area contributed by atoms with Crippen LogP contribution in [0.25, 0.3) is 0 Å². The average molecular weight is 344 g/mol. The first kappa shape index (κ1) is 17.9. The van der Waals surface area contributed by atoms with Crippen molar-refractivity contribution in [3.8, 4) is 0 Å². The minimum Gasteiger partial charge on any atom is -0.466 e. The molecule has 0 aromatic heterocycles. The molecule has 1 aromatic carbocycles. The summed E-state index contributed by atoms with van der Waals surface area (Å²) < 4.78 is 5.09. The van der Waals surface area contributed by atoms with Crippen molar-refractivity contribution >= 4 is 11.9 Å². The molecule has 1 atom stereocenters. The Kier molecular flexibility index (Phi) is 6.08. The summed E-state index contributed by atoms with van der Waals surface area (Å²) >= 11 is 0. The zero-order valence-electron chi connectivity index (χ0n) is 15.0. The largest absolute Gasteiger partial charge is 0.466 e. The number of benzene rings is 1. The Balaban J connectivity index is 1.47. The standard InChI is InChI=1S/C20H28N2O3/c1-2-25-20(24)16-10-12-22(13-11-16)14-19(23)21-18-9-5-7-15-6-3-4-8-17(15)18/h3-4,6,8,16,18H,2,5,7,9-14H2,1H3,(H,21,23)/t18-/m1/s1. The van der Waals surface area contributed by atoms with Crippen LogP contribution in [-0.4, -0.2) is 43.0 Å². The summed E-state index contributed by atoms with van der Waals surface area (Å²) in [5.41, 5.74) is 2.62. The van der Waals surface area contributed by atoms with Crippen LogP contribution < -0.4 is 5.32 Å². The number of likely N-dealkylation sites (tertiary alicyclic amines) is 1. The van der Waals surface area contributed by atoms with Crippen LogP contribution in [0.4, 0.5) is 0 Å². The monoisotopic (exact) mass is 344 g/mol. The molecule has 0 spiro atoms. The van der Waals surface area contributed by atoms with E-state index in [1.807, 2.05) is 13.0 Å². The van der Waals surface area contributed by atoms with Crippen LogP contribution >= 0.6 is 0 Å². The van der Waals surface area contributed by atoms with Crippen molar-refractivity contribution in [2.24, 2.45) is 5.92 Å². The molecule has 1 fully saturated rings. The van der Waals surface area contributed by atoms with Crippen molar-refractivity contribution in [2.75, 3.05) is 26.2 Å². The van der Waals surface area contributed by atoms with E-state index in [9.17, 15) is 9.59 Å². The van der Waals surface area contributed by atoms with Crippen LogP contribution in [0, 0.1) is 5.92 Å². The van der Waals surface area contributed by atoms with Crippen LogP contribution in [-0.2, 0) is 20.7 Å². The molecule has 1 saturated heterocycles. The lowest BCUT2D eigenvalue weighted by Crippen LogP contribution is -2.44. The molecule has 5 nitrogen and oxygen atoms in total. The smallest absolute Gasteiger partial charge is 0.309 e. The van der Waals surface area contributed by atoms with Crippen LogP contribution in [0.3, 0.4) is 0 Å². The first-order chi connectivity index (χ1) is 12.2. The molecule has 25 heavy (non-hydrogen) atoms. The van der Waals surface area contributed by atoms with Gasteiger partial charge in [0.15, 0.2) is 0 Å². The lowest BCUT2D eigenvalue weighted by Gasteiger charge is -2.31. The Morgan fingerprint density at radius 1 is 1.20 bits per heavy atom. The number of carbonyl (C=O) groups excluding carboxylic acids is 2. The molecule has 3 rings (SSSR count). The molecule has 1 N–H and O–H groups in total. The van der Waals surface area contributed by atoms with Crippen molar-refractivity contribution in [2.45, 2.75) is 45.1 Å². The lowest BCUT2D eigenvalue weighted by atomic mass is 9.88. The van der Waals surface area contributed by atoms with Gasteiger partial charge < -0.3 is 10.1 Å². The van der Waals surface area contributed by atoms with E-state index in [1.165, 1.54) is 11.1 Å². The minimum absolute atomic E-state index is 0.00974. The molecule has 0 radical (unpaired) electrons. The van der Waals surface area contributed by atoms with E-state index in [0.717, 1.165) is 45.2 Å². The van der Waals surface area contributed by atoms with E-state index in [4.69, 9.17) is 4.74 Å². The van der Waals surface area contributed by atoms with E-state index < -0.39 is 0 Å². The van der Waals surface area contributed by atoms with Crippen molar-refractivity contribution < 1.29 is 14.3 Å². The van der Waals surface area contributed by atoms with Gasteiger partial charge in [-0.3, -0.25) is 14.5 Å². The maximum Gasteiger partial charge on any atom is 0.309 e. The number of fused-ring (bicyclic) bond motifs is 1. The first-order valence-corrected chi connectivity index (χ1v) is 9.43. The number of aryl methyl sites for hydroxylation is 1. The third kappa shape index (κ3) is 4.60. The van der Waals surface area contributed by atoms with Gasteiger partial charge in [-0.15, -0.1) is 0 Å². The maximum atomic E-state index is 12.5. The second-order valence-electron chi connectivity index (χ2n) is 7.01. The third-order valence-electron chi connectivity index (χ3n) is 5.28. The number of piperidine rings is 1. The molecular formula is C20H28N2O3. The van der Waals surface area contributed by atoms with Gasteiger partial charge in [0.05, 0.1) is 25.1 Å². The normalized spacial score (nSPS) is 21.4. The van der Waals surface area contributed by atoms with Crippen molar-refractivity contribution in [3.63, 3.8) is 0 Å². The molecule has 5 heteroatoms. The summed E-state index contributed by atoms with van der Waals surface area (Å²) in [6, 6.07) is 8.53. The molecule has 1 aliphatic heterocycles. The summed E-state index contributed by atoms with van der Waals surface area (Å²) in [5, 5.41) is 3.20. The maximum absolute atomic E-state index is 12.5. The number of esters is 1. The summed E-state index contributed by atoms with van der Waals surface area (Å²) in [6.45, 7) is 4.23. The van der Waals surface area contributed by atoms with Crippen LogP contribution in [0.5, 0.6) is 0 Å². The highest BCUT2D eigenvalue weighted by molar-refractivity contribution is 5.78. The number of carbonyl (C=O) groups is 2. The van der Waals surface area contributed by atoms with Gasteiger partial charge in [-0.05, 0) is 63.2 Å². The molecule has 0 bridgehead atoms. The predicted molar refractivity (Wildman–Crippen MR) is 96.1 cm³/mol. The molecule has 136 valence electrons. The first-order valence-electron chi connectivity index (χ1n) is 9.43. The lowest BCUT2D eigenvalue weighted by molar-refractivity contribution is -0.149. The van der Waals surface area contributed by atoms with Gasteiger partial charge in [-0.1, -0.05) is 24.3 Å². The van der Waals surface area contributed by atoms with Gasteiger partial charge in [-0.25, -0.2) is 0 Å². The van der Waals surface area contributed by atoms with Crippen molar-refractivity contribution in [1.82, 2.24) is 10.2 Å². The molecule has 0 saturated carbocycles. The predicted octanol–water partition coefficient (Wildman–Crippen LogP) is 2.46. The molecular weight excluding hydrogens is 316 g/mol. The van der Waals surface area contributed by atoms with Gasteiger partial charge in [0, 0.05) is 0 Å². The number of hydrogen-bond donors (Lipinski definition) is 1. The van der Waals surface area contributed by atoms with E-state index in [1.54, 1.807) is 0 Å². The molecule has 1 aromatic rings. The third-order valence-corrected chi connectivity index (χ3v) is 5.28. The second-order valence-corrected chi connectivity index (χ2v) is 7.01. The highest BCUT2D eigenvalue weighted by Gasteiger charge is 2.27. The fourth-order valence-electron chi connectivity index (χ4n) is 3.93. The van der Waals surface area contributed by atoms with E-state index in [-0.39, 0.29) is 23.8 Å². The van der Waals surface area contributed by atoms with Crippen molar-refractivity contribution in [3.05, 3.63) is 35.4 Å². The second kappa shape index (κ2) is 8.48. The summed E-state index contributed by atoms with van der Waals surface area (Å²) in [5.74, 6) is -0.0221. The number of rotatable bonds is 5. The summed E-state index contributed by atoms with van der Waals surface area (Å²) in [6.07, 6.45) is 4.78. The highest BCUT2D eigenvalue weighted by atomic mass is 16.5. The molecule has 2 aliphatic rings. The van der Waals surface area contributed by atoms with Gasteiger partial charge in [0.25, 0.3) is 0 Å². The molecule has 1 aliphatic carbocycles. The van der Waals surface area contributed by atoms with Crippen molar-refractivity contribution in [1.29, 1.82) is 0 Å². The Morgan fingerprint density at radius 3 is 2.72 bits per heavy atom. The Morgan fingerprint density at radius 2 is 1.96 bits per heavy atom. The highest BCUT2D eigenvalue weighted by Crippen LogP contribution is 2.29. The summed E-state index contributed by atoms with van der Waals surface area (Å²) in [7, 11) is 0. The SMILES string of the molecule is CCOC(=O)C1CCN(CC(=O)N[C@@H]2CCCc3ccccc32)CC1. The molecule has 1 amide bonds. The average Bonchev–Trinajstić information content (AvgIpc) is 2.63. The van der Waals surface area contributed by atoms with Gasteiger partial charge in [-0.2, -0.15) is 0 Å². The fraction of sp³-hybridized carbons (Fsp3) is 0.600. The van der Waals surface area contributed by atoms with Crippen LogP contribution in [0.15, 0.2) is 24.3 Å². The quantitative estimate of drug-likeness (QED) is 0.834. The van der Waals surface area contributed by atoms with Crippen LogP contribution in [0.2, 0.25) is 0 Å². The van der Waals surface area contributed by atoms with E-state index in [2.05, 4.69) is 28.4 Å². The summed E-state index contributed by atoms with van der Waals surface area (Å²) in [4.78, 5) is 26.4. The number of ether oxygens (including phenoxy) is 1. The zero-order chi connectivity index (χ0) is 17.6. The van der Waals surface area contributed by atoms with Gasteiger partial charge in [0.2, 0.25) is 5.91 Å². The Hall–Kier alpha value is -1.88. The topological polar surface area (TPSA) is 58.6 Å².